The van der Waals surface area contributed by atoms with Crippen LogP contribution < -0.4 is 10.6 Å². The maximum Gasteiger partial charge on any atom is 0.341 e. The normalized spacial score (nSPS) is 10.3. The Morgan fingerprint density at radius 3 is 2.62 bits per heavy atom. The minimum Gasteiger partial charge on any atom is -0.462 e. The summed E-state index contributed by atoms with van der Waals surface area (Å²) in [6.07, 6.45) is 0. The quantitative estimate of drug-likeness (QED) is 0.779. The molecule has 0 fully saturated rings. The summed E-state index contributed by atoms with van der Waals surface area (Å²) in [6, 6.07) is 6.11. The zero-order valence-corrected chi connectivity index (χ0v) is 14.6. The summed E-state index contributed by atoms with van der Waals surface area (Å²) in [5, 5.41) is 5.87. The highest BCUT2D eigenvalue weighted by Gasteiger charge is 2.22. The number of carbonyl (C=O) groups is 2. The zero-order chi connectivity index (χ0) is 17.7. The molecule has 0 radical (unpaired) electrons. The molecule has 24 heavy (non-hydrogen) atoms. The molecule has 1 aromatic carbocycles. The molecule has 1 heterocycles. The number of anilines is 2. The Morgan fingerprint density at radius 1 is 1.25 bits per heavy atom. The highest BCUT2D eigenvalue weighted by Crippen LogP contribution is 2.33. The number of ether oxygens (including phenoxy) is 1. The molecule has 0 spiro atoms. The van der Waals surface area contributed by atoms with Gasteiger partial charge in [0.25, 0.3) is 0 Å². The second-order valence-electron chi connectivity index (χ2n) is 5.09. The number of carbonyl (C=O) groups excluding carboxylic acids is 2. The molecule has 7 heteroatoms. The number of benzene rings is 1. The van der Waals surface area contributed by atoms with Crippen LogP contribution in [-0.2, 0) is 9.53 Å². The zero-order valence-electron chi connectivity index (χ0n) is 13.7. The first kappa shape index (κ1) is 17.9. The second-order valence-corrected chi connectivity index (χ2v) is 6.31. The average molecular weight is 350 g/mol. The van der Waals surface area contributed by atoms with Gasteiger partial charge in [-0.3, -0.25) is 4.79 Å². The van der Waals surface area contributed by atoms with Crippen LogP contribution in [-0.4, -0.2) is 25.0 Å². The smallest absolute Gasteiger partial charge is 0.341 e. The summed E-state index contributed by atoms with van der Waals surface area (Å²) in [6.45, 7) is 5.55. The van der Waals surface area contributed by atoms with E-state index in [1.54, 1.807) is 25.1 Å². The van der Waals surface area contributed by atoms with Gasteiger partial charge in [0.2, 0.25) is 5.91 Å². The predicted octanol–water partition coefficient (Wildman–Crippen LogP) is 3.73. The fraction of sp³-hybridized carbons (Fsp3) is 0.294. The molecule has 0 saturated heterocycles. The highest BCUT2D eigenvalue weighted by atomic mass is 32.1. The highest BCUT2D eigenvalue weighted by molar-refractivity contribution is 7.16. The van der Waals surface area contributed by atoms with Gasteiger partial charge in [0.05, 0.1) is 24.4 Å². The number of halogens is 1. The van der Waals surface area contributed by atoms with Crippen LogP contribution in [0.25, 0.3) is 0 Å². The fourth-order valence-corrected chi connectivity index (χ4v) is 3.18. The van der Waals surface area contributed by atoms with Crippen LogP contribution in [0, 0.1) is 19.7 Å². The molecule has 2 rings (SSSR count). The third-order valence-electron chi connectivity index (χ3n) is 3.43. The molecular formula is C17H19FN2O3S. The number of aryl methyl sites for hydroxylation is 1. The number of thiophene rings is 1. The molecule has 0 aliphatic carbocycles. The second kappa shape index (κ2) is 7.92. The number of rotatable bonds is 6. The van der Waals surface area contributed by atoms with Crippen LogP contribution in [0.2, 0.25) is 0 Å². The first-order chi connectivity index (χ1) is 11.4. The Balaban J connectivity index is 2.08. The number of esters is 1. The van der Waals surface area contributed by atoms with E-state index in [4.69, 9.17) is 4.74 Å². The van der Waals surface area contributed by atoms with E-state index in [1.807, 2.05) is 13.8 Å². The molecule has 1 aromatic heterocycles. The van der Waals surface area contributed by atoms with Crippen molar-refractivity contribution in [2.75, 3.05) is 23.8 Å². The Bertz CT molecular complexity index is 758. The maximum absolute atomic E-state index is 13.5. The fourth-order valence-electron chi connectivity index (χ4n) is 2.11. The molecule has 2 aromatic rings. The monoisotopic (exact) mass is 350 g/mol. The lowest BCUT2D eigenvalue weighted by Crippen LogP contribution is -2.23. The largest absolute Gasteiger partial charge is 0.462 e. The third-order valence-corrected chi connectivity index (χ3v) is 4.55. The van der Waals surface area contributed by atoms with Crippen molar-refractivity contribution in [1.29, 1.82) is 0 Å². The van der Waals surface area contributed by atoms with Crippen molar-refractivity contribution in [3.63, 3.8) is 0 Å². The Morgan fingerprint density at radius 2 is 1.96 bits per heavy atom. The van der Waals surface area contributed by atoms with Crippen molar-refractivity contribution in [2.45, 2.75) is 20.8 Å². The minimum absolute atomic E-state index is 0.112. The summed E-state index contributed by atoms with van der Waals surface area (Å²) in [4.78, 5) is 25.1. The molecule has 0 atom stereocenters. The van der Waals surface area contributed by atoms with Gasteiger partial charge < -0.3 is 15.4 Å². The van der Waals surface area contributed by atoms with E-state index in [-0.39, 0.29) is 24.7 Å². The van der Waals surface area contributed by atoms with Gasteiger partial charge in [-0.25, -0.2) is 9.18 Å². The van der Waals surface area contributed by atoms with Gasteiger partial charge in [0, 0.05) is 4.88 Å². The van der Waals surface area contributed by atoms with Gasteiger partial charge in [-0.1, -0.05) is 12.1 Å². The first-order valence-electron chi connectivity index (χ1n) is 7.49. The Hall–Kier alpha value is -2.41. The van der Waals surface area contributed by atoms with E-state index >= 15 is 0 Å². The summed E-state index contributed by atoms with van der Waals surface area (Å²) in [5.74, 6) is -1.26. The van der Waals surface area contributed by atoms with E-state index in [0.717, 1.165) is 10.4 Å². The van der Waals surface area contributed by atoms with Crippen LogP contribution in [0.15, 0.2) is 24.3 Å². The van der Waals surface area contributed by atoms with E-state index < -0.39 is 11.8 Å². The van der Waals surface area contributed by atoms with Crippen LogP contribution >= 0.6 is 11.3 Å². The lowest BCUT2D eigenvalue weighted by molar-refractivity contribution is -0.114. The standard InChI is InChI=1S/C17H19FN2O3S/c1-4-23-17(22)15-10(2)11(3)24-16(15)20-14(21)9-19-13-8-6-5-7-12(13)18/h5-8,19H,4,9H2,1-3H3,(H,20,21). The van der Waals surface area contributed by atoms with Crippen molar-refractivity contribution < 1.29 is 18.7 Å². The summed E-state index contributed by atoms with van der Waals surface area (Å²) in [5.41, 5.74) is 1.41. The van der Waals surface area contributed by atoms with Crippen molar-refractivity contribution in [3.8, 4) is 0 Å². The van der Waals surface area contributed by atoms with Gasteiger partial charge in [0.15, 0.2) is 0 Å². The molecule has 1 amide bonds. The van der Waals surface area contributed by atoms with E-state index in [2.05, 4.69) is 10.6 Å². The van der Waals surface area contributed by atoms with Crippen molar-refractivity contribution in [1.82, 2.24) is 0 Å². The molecule has 5 nitrogen and oxygen atoms in total. The van der Waals surface area contributed by atoms with Gasteiger partial charge in [-0.2, -0.15) is 0 Å². The number of nitrogens with one attached hydrogen (secondary N) is 2. The van der Waals surface area contributed by atoms with Crippen molar-refractivity contribution >= 4 is 33.9 Å². The summed E-state index contributed by atoms with van der Waals surface area (Å²) in [7, 11) is 0. The number of amides is 1. The first-order valence-corrected chi connectivity index (χ1v) is 8.31. The predicted molar refractivity (Wildman–Crippen MR) is 93.3 cm³/mol. The molecule has 0 aliphatic rings. The van der Waals surface area contributed by atoms with Gasteiger partial charge in [-0.15, -0.1) is 11.3 Å². The minimum atomic E-state index is -0.461. The molecule has 0 unspecified atom stereocenters. The van der Waals surface area contributed by atoms with E-state index in [9.17, 15) is 14.0 Å². The Labute approximate surface area is 143 Å². The van der Waals surface area contributed by atoms with Crippen molar-refractivity contribution in [2.24, 2.45) is 0 Å². The SMILES string of the molecule is CCOC(=O)c1c(NC(=O)CNc2ccccc2F)sc(C)c1C. The molecular weight excluding hydrogens is 331 g/mol. The average Bonchev–Trinajstić information content (AvgIpc) is 2.81. The molecule has 128 valence electrons. The topological polar surface area (TPSA) is 67.4 Å². The molecule has 0 saturated carbocycles. The van der Waals surface area contributed by atoms with Gasteiger partial charge in [0.1, 0.15) is 10.8 Å². The third kappa shape index (κ3) is 4.11. The Kier molecular flexibility index (Phi) is 5.92. The molecule has 2 N–H and O–H groups in total. The number of para-hydroxylation sites is 1. The van der Waals surface area contributed by atoms with Crippen LogP contribution in [0.5, 0.6) is 0 Å². The lowest BCUT2D eigenvalue weighted by atomic mass is 10.1. The van der Waals surface area contributed by atoms with Crippen LogP contribution in [0.1, 0.15) is 27.7 Å². The molecule has 0 aliphatic heterocycles. The van der Waals surface area contributed by atoms with Crippen LogP contribution in [0.4, 0.5) is 15.1 Å². The summed E-state index contributed by atoms with van der Waals surface area (Å²) < 4.78 is 18.6. The van der Waals surface area contributed by atoms with Crippen LogP contribution in [0.3, 0.4) is 0 Å². The maximum atomic E-state index is 13.5. The number of hydrogen-bond donors (Lipinski definition) is 2. The van der Waals surface area contributed by atoms with Crippen molar-refractivity contribution in [3.05, 3.63) is 46.1 Å². The van der Waals surface area contributed by atoms with E-state index in [0.29, 0.717) is 10.6 Å². The van der Waals surface area contributed by atoms with Gasteiger partial charge >= 0.3 is 5.97 Å². The summed E-state index contributed by atoms with van der Waals surface area (Å²) >= 11 is 1.31. The van der Waals surface area contributed by atoms with Gasteiger partial charge in [-0.05, 0) is 38.5 Å². The molecule has 0 bridgehead atoms. The van der Waals surface area contributed by atoms with E-state index in [1.165, 1.54) is 17.4 Å². The number of hydrogen-bond acceptors (Lipinski definition) is 5. The lowest BCUT2D eigenvalue weighted by Gasteiger charge is -2.09.